The Morgan fingerprint density at radius 3 is 2.95 bits per heavy atom. The molecule has 2 atom stereocenters. The van der Waals surface area contributed by atoms with E-state index in [-0.39, 0.29) is 23.7 Å². The van der Waals surface area contributed by atoms with Crippen LogP contribution in [0.1, 0.15) is 30.1 Å². The number of fused-ring (bicyclic) bond motifs is 1. The van der Waals surface area contributed by atoms with Gasteiger partial charge in [-0.3, -0.25) is 9.59 Å². The Balaban J connectivity index is 1.90. The Morgan fingerprint density at radius 1 is 1.45 bits per heavy atom. The molecule has 0 radical (unpaired) electrons. The Bertz CT molecular complexity index is 570. The van der Waals surface area contributed by atoms with Crippen molar-refractivity contribution in [3.05, 3.63) is 23.8 Å². The normalized spacial score (nSPS) is 25.2. The number of anilines is 2. The minimum absolute atomic E-state index is 0.0247. The number of piperidine rings is 1. The quantitative estimate of drug-likeness (QED) is 0.627. The highest BCUT2D eigenvalue weighted by molar-refractivity contribution is 5.99. The molecule has 2 fully saturated rings. The molecule has 2 heterocycles. The first-order chi connectivity index (χ1) is 9.58. The van der Waals surface area contributed by atoms with Crippen molar-refractivity contribution in [3.63, 3.8) is 0 Å². The number of rotatable bonds is 2. The van der Waals surface area contributed by atoms with E-state index in [1.807, 2.05) is 12.1 Å². The maximum atomic E-state index is 11.8. The first-order valence-corrected chi connectivity index (χ1v) is 7.03. The second-order valence-electron chi connectivity index (χ2n) is 5.58. The van der Waals surface area contributed by atoms with Crippen molar-refractivity contribution in [2.45, 2.75) is 25.8 Å². The molecule has 2 unspecified atom stereocenters. The van der Waals surface area contributed by atoms with Crippen LogP contribution in [-0.2, 0) is 4.79 Å². The van der Waals surface area contributed by atoms with E-state index in [0.29, 0.717) is 17.8 Å². The Hall–Kier alpha value is -2.04. The number of hydrogen-bond donors (Lipinski definition) is 2. The number of amides is 1. The van der Waals surface area contributed by atoms with E-state index in [2.05, 4.69) is 10.2 Å². The third-order valence-corrected chi connectivity index (χ3v) is 4.35. The van der Waals surface area contributed by atoms with Crippen molar-refractivity contribution < 1.29 is 9.59 Å². The molecule has 0 spiro atoms. The summed E-state index contributed by atoms with van der Waals surface area (Å²) in [6.07, 6.45) is 1.96. The summed E-state index contributed by atoms with van der Waals surface area (Å²) in [4.78, 5) is 25.5. The Morgan fingerprint density at radius 2 is 2.25 bits per heavy atom. The van der Waals surface area contributed by atoms with Gasteiger partial charge in [0, 0.05) is 30.0 Å². The molecule has 20 heavy (non-hydrogen) atoms. The first kappa shape index (κ1) is 13.0. The molecule has 0 aliphatic carbocycles. The second kappa shape index (κ2) is 4.81. The lowest BCUT2D eigenvalue weighted by Crippen LogP contribution is -2.45. The molecule has 5 nitrogen and oxygen atoms in total. The highest BCUT2D eigenvalue weighted by Crippen LogP contribution is 2.33. The van der Waals surface area contributed by atoms with Crippen LogP contribution >= 0.6 is 0 Å². The fraction of sp³-hybridized carbons (Fsp3) is 0.467. The lowest BCUT2D eigenvalue weighted by atomic mass is 9.91. The summed E-state index contributed by atoms with van der Waals surface area (Å²) in [5, 5.41) is 2.94. The molecule has 0 aromatic heterocycles. The highest BCUT2D eigenvalue weighted by atomic mass is 16.2. The molecule has 2 aliphatic heterocycles. The summed E-state index contributed by atoms with van der Waals surface area (Å²) in [6, 6.07) is 5.76. The maximum absolute atomic E-state index is 11.8. The van der Waals surface area contributed by atoms with Crippen molar-refractivity contribution in [2.75, 3.05) is 23.7 Å². The van der Waals surface area contributed by atoms with E-state index in [4.69, 9.17) is 5.73 Å². The van der Waals surface area contributed by atoms with Crippen LogP contribution in [0, 0.1) is 5.92 Å². The van der Waals surface area contributed by atoms with E-state index in [1.165, 1.54) is 6.92 Å². The van der Waals surface area contributed by atoms with Crippen LogP contribution in [0.4, 0.5) is 11.4 Å². The van der Waals surface area contributed by atoms with Gasteiger partial charge in [-0.15, -0.1) is 0 Å². The fourth-order valence-electron chi connectivity index (χ4n) is 3.32. The molecule has 2 aliphatic rings. The Kier molecular flexibility index (Phi) is 3.12. The zero-order chi connectivity index (χ0) is 14.3. The van der Waals surface area contributed by atoms with Crippen molar-refractivity contribution in [2.24, 2.45) is 5.92 Å². The molecule has 106 valence electrons. The lowest BCUT2D eigenvalue weighted by molar-refractivity contribution is -0.122. The number of nitrogens with two attached hydrogens (primary N) is 1. The molecule has 0 saturated carbocycles. The average Bonchev–Trinajstić information content (AvgIpc) is 2.80. The largest absolute Gasteiger partial charge is 0.398 e. The van der Waals surface area contributed by atoms with Crippen LogP contribution in [0.25, 0.3) is 0 Å². The van der Waals surface area contributed by atoms with E-state index in [1.54, 1.807) is 6.07 Å². The van der Waals surface area contributed by atoms with Gasteiger partial charge in [-0.25, -0.2) is 0 Å². The molecule has 1 aromatic rings. The zero-order valence-corrected chi connectivity index (χ0v) is 11.6. The van der Waals surface area contributed by atoms with E-state index in [9.17, 15) is 9.59 Å². The minimum atomic E-state index is -0.0247. The summed E-state index contributed by atoms with van der Waals surface area (Å²) in [6.45, 7) is 3.13. The molecule has 1 amide bonds. The molecule has 2 saturated heterocycles. The zero-order valence-electron chi connectivity index (χ0n) is 11.6. The first-order valence-electron chi connectivity index (χ1n) is 7.03. The van der Waals surface area contributed by atoms with Gasteiger partial charge in [-0.1, -0.05) is 0 Å². The van der Waals surface area contributed by atoms with Gasteiger partial charge < -0.3 is 16.0 Å². The number of Topliss-reactive ketones (excluding diaryl/α,β-unsaturated/α-hetero) is 1. The van der Waals surface area contributed by atoms with Crippen LogP contribution in [-0.4, -0.2) is 30.8 Å². The average molecular weight is 273 g/mol. The molecule has 5 heteroatoms. The highest BCUT2D eigenvalue weighted by Gasteiger charge is 2.40. The molecular weight excluding hydrogens is 254 g/mol. The molecule has 3 rings (SSSR count). The van der Waals surface area contributed by atoms with Crippen molar-refractivity contribution in [1.29, 1.82) is 0 Å². The van der Waals surface area contributed by atoms with Gasteiger partial charge in [-0.2, -0.15) is 0 Å². The monoisotopic (exact) mass is 273 g/mol. The third kappa shape index (κ3) is 2.03. The van der Waals surface area contributed by atoms with Crippen LogP contribution in [0.15, 0.2) is 18.2 Å². The Labute approximate surface area is 118 Å². The van der Waals surface area contributed by atoms with Crippen LogP contribution in [0.3, 0.4) is 0 Å². The SMILES string of the molecule is CC(=O)c1ccc(N2CCCC3C(=O)NCC32)cc1N. The van der Waals surface area contributed by atoms with Crippen molar-refractivity contribution >= 4 is 23.1 Å². The van der Waals surface area contributed by atoms with Gasteiger partial charge in [0.2, 0.25) is 5.91 Å². The maximum Gasteiger partial charge on any atom is 0.225 e. The number of nitrogens with one attached hydrogen (secondary N) is 1. The number of nitrogen functional groups attached to an aromatic ring is 1. The topological polar surface area (TPSA) is 75.4 Å². The predicted octanol–water partition coefficient (Wildman–Crippen LogP) is 1.19. The number of nitrogens with zero attached hydrogens (tertiary/aromatic N) is 1. The van der Waals surface area contributed by atoms with Gasteiger partial charge in [0.25, 0.3) is 0 Å². The smallest absolute Gasteiger partial charge is 0.225 e. The molecule has 0 bridgehead atoms. The van der Waals surface area contributed by atoms with Gasteiger partial charge in [-0.05, 0) is 38.0 Å². The number of carbonyl (C=O) groups is 2. The standard InChI is InChI=1S/C15H19N3O2/c1-9(19)11-5-4-10(7-13(11)16)18-6-2-3-12-14(18)8-17-15(12)20/h4-5,7,12,14H,2-3,6,8,16H2,1H3,(H,17,20). The third-order valence-electron chi connectivity index (χ3n) is 4.35. The predicted molar refractivity (Wildman–Crippen MR) is 77.7 cm³/mol. The lowest BCUT2D eigenvalue weighted by Gasteiger charge is -2.37. The number of benzene rings is 1. The summed E-state index contributed by atoms with van der Waals surface area (Å²) < 4.78 is 0. The molecule has 1 aromatic carbocycles. The van der Waals surface area contributed by atoms with Gasteiger partial charge in [0.05, 0.1) is 12.0 Å². The van der Waals surface area contributed by atoms with Crippen LogP contribution in [0.5, 0.6) is 0 Å². The fourth-order valence-corrected chi connectivity index (χ4v) is 3.32. The summed E-state index contributed by atoms with van der Waals surface area (Å²) in [5.41, 5.74) is 8.03. The second-order valence-corrected chi connectivity index (χ2v) is 5.58. The van der Waals surface area contributed by atoms with Crippen molar-refractivity contribution in [1.82, 2.24) is 5.32 Å². The number of carbonyl (C=O) groups excluding carboxylic acids is 2. The van der Waals surface area contributed by atoms with E-state index < -0.39 is 0 Å². The van der Waals surface area contributed by atoms with Gasteiger partial charge >= 0.3 is 0 Å². The van der Waals surface area contributed by atoms with Crippen LogP contribution < -0.4 is 16.0 Å². The van der Waals surface area contributed by atoms with Crippen molar-refractivity contribution in [3.8, 4) is 0 Å². The van der Waals surface area contributed by atoms with Crippen LogP contribution in [0.2, 0.25) is 0 Å². The molecule has 3 N–H and O–H groups in total. The summed E-state index contributed by atoms with van der Waals surface area (Å²) >= 11 is 0. The number of ketones is 1. The van der Waals surface area contributed by atoms with E-state index in [0.717, 1.165) is 25.1 Å². The van der Waals surface area contributed by atoms with Gasteiger partial charge in [0.15, 0.2) is 5.78 Å². The van der Waals surface area contributed by atoms with Gasteiger partial charge in [0.1, 0.15) is 0 Å². The molecular formula is C15H19N3O2. The van der Waals surface area contributed by atoms with E-state index >= 15 is 0 Å². The summed E-state index contributed by atoms with van der Waals surface area (Å²) in [7, 11) is 0. The number of hydrogen-bond acceptors (Lipinski definition) is 4. The summed E-state index contributed by atoms with van der Waals surface area (Å²) in [5.74, 6) is 0.216. The minimum Gasteiger partial charge on any atom is -0.398 e.